The molecular formula is C29H22ClN5O2. The van der Waals surface area contributed by atoms with Crippen LogP contribution >= 0.6 is 11.6 Å². The average molecular weight is 508 g/mol. The van der Waals surface area contributed by atoms with Gasteiger partial charge in [-0.2, -0.15) is 5.26 Å². The summed E-state index contributed by atoms with van der Waals surface area (Å²) in [6, 6.07) is 18.2. The fourth-order valence-corrected chi connectivity index (χ4v) is 6.04. The van der Waals surface area contributed by atoms with Crippen molar-refractivity contribution in [2.24, 2.45) is 5.92 Å². The van der Waals surface area contributed by atoms with E-state index in [1.807, 2.05) is 54.6 Å². The van der Waals surface area contributed by atoms with E-state index in [1.165, 1.54) is 4.90 Å². The number of halogens is 1. The van der Waals surface area contributed by atoms with Crippen molar-refractivity contribution in [2.75, 3.05) is 4.90 Å². The number of nitrogens with one attached hydrogen (secondary N) is 1. The third kappa shape index (κ3) is 4.00. The summed E-state index contributed by atoms with van der Waals surface area (Å²) in [6.45, 7) is 0. The van der Waals surface area contributed by atoms with Gasteiger partial charge in [-0.25, -0.2) is 14.7 Å². The number of rotatable bonds is 3. The number of fused-ring (bicyclic) bond motifs is 2. The molecule has 7 nitrogen and oxygen atoms in total. The molecule has 2 fully saturated rings. The molecule has 3 atom stereocenters. The van der Waals surface area contributed by atoms with Crippen LogP contribution in [0.3, 0.4) is 0 Å². The Morgan fingerprint density at radius 3 is 2.68 bits per heavy atom. The van der Waals surface area contributed by atoms with Crippen LogP contribution in [0, 0.1) is 17.2 Å². The molecule has 1 saturated carbocycles. The van der Waals surface area contributed by atoms with E-state index in [0.29, 0.717) is 29.2 Å². The van der Waals surface area contributed by atoms with E-state index in [2.05, 4.69) is 15.3 Å². The van der Waals surface area contributed by atoms with E-state index < -0.39 is 6.03 Å². The second-order valence-corrected chi connectivity index (χ2v) is 9.88. The van der Waals surface area contributed by atoms with Crippen molar-refractivity contribution in [1.29, 1.82) is 5.26 Å². The highest BCUT2D eigenvalue weighted by atomic mass is 35.5. The molecule has 182 valence electrons. The van der Waals surface area contributed by atoms with Crippen molar-refractivity contribution < 1.29 is 9.59 Å². The lowest BCUT2D eigenvalue weighted by Gasteiger charge is -2.43. The third-order valence-corrected chi connectivity index (χ3v) is 7.77. The van der Waals surface area contributed by atoms with Gasteiger partial charge in [-0.3, -0.25) is 9.78 Å². The van der Waals surface area contributed by atoms with Crippen molar-refractivity contribution in [2.45, 2.75) is 31.2 Å². The summed E-state index contributed by atoms with van der Waals surface area (Å²) in [4.78, 5) is 36.6. The molecule has 2 aromatic heterocycles. The third-order valence-electron chi connectivity index (χ3n) is 7.44. The van der Waals surface area contributed by atoms with Gasteiger partial charge in [-0.15, -0.1) is 0 Å². The Hall–Kier alpha value is -4.28. The zero-order valence-corrected chi connectivity index (χ0v) is 20.5. The maximum atomic E-state index is 13.6. The Morgan fingerprint density at radius 2 is 1.86 bits per heavy atom. The number of urea groups is 1. The summed E-state index contributed by atoms with van der Waals surface area (Å²) in [7, 11) is 0. The predicted molar refractivity (Wildman–Crippen MR) is 141 cm³/mol. The maximum absolute atomic E-state index is 13.6. The molecule has 0 radical (unpaired) electrons. The Kier molecular flexibility index (Phi) is 5.82. The summed E-state index contributed by atoms with van der Waals surface area (Å²) in [5.74, 6) is -0.462. The van der Waals surface area contributed by atoms with E-state index in [4.69, 9.17) is 16.9 Å². The zero-order chi connectivity index (χ0) is 25.5. The van der Waals surface area contributed by atoms with Crippen molar-refractivity contribution in [1.82, 2.24) is 15.3 Å². The van der Waals surface area contributed by atoms with Gasteiger partial charge < -0.3 is 5.32 Å². The lowest BCUT2D eigenvalue weighted by molar-refractivity contribution is -0.124. The highest BCUT2D eigenvalue weighted by Crippen LogP contribution is 2.45. The Bertz CT molecular complexity index is 1570. The number of carbonyl (C=O) groups is 2. The summed E-state index contributed by atoms with van der Waals surface area (Å²) in [6.07, 6.45) is 6.97. The van der Waals surface area contributed by atoms with Crippen molar-refractivity contribution in [3.05, 3.63) is 89.5 Å². The average Bonchev–Trinajstić information content (AvgIpc) is 2.93. The van der Waals surface area contributed by atoms with Crippen LogP contribution in [0.2, 0.25) is 5.02 Å². The van der Waals surface area contributed by atoms with Crippen LogP contribution in [0.5, 0.6) is 0 Å². The van der Waals surface area contributed by atoms with Crippen molar-refractivity contribution in [3.8, 4) is 17.2 Å². The Morgan fingerprint density at radius 1 is 1.00 bits per heavy atom. The Labute approximate surface area is 218 Å². The number of nitrogens with zero attached hydrogens (tertiary/aromatic N) is 4. The van der Waals surface area contributed by atoms with Crippen LogP contribution in [0.4, 0.5) is 10.5 Å². The number of imide groups is 1. The van der Waals surface area contributed by atoms with Crippen LogP contribution < -0.4 is 10.2 Å². The highest BCUT2D eigenvalue weighted by molar-refractivity contribution is 6.32. The minimum atomic E-state index is -0.430. The number of pyridine rings is 2. The Balaban J connectivity index is 1.30. The molecule has 4 aromatic rings. The fourth-order valence-electron chi connectivity index (χ4n) is 5.71. The molecule has 0 bridgehead atoms. The molecule has 6 rings (SSSR count). The van der Waals surface area contributed by atoms with Crippen LogP contribution in [0.15, 0.2) is 73.2 Å². The maximum Gasteiger partial charge on any atom is 0.329 e. The van der Waals surface area contributed by atoms with Crippen molar-refractivity contribution >= 4 is 40.0 Å². The van der Waals surface area contributed by atoms with E-state index in [-0.39, 0.29) is 23.8 Å². The number of aromatic nitrogens is 2. The number of hydrogen-bond acceptors (Lipinski definition) is 5. The molecule has 2 aliphatic rings. The van der Waals surface area contributed by atoms with E-state index in [1.54, 1.807) is 24.7 Å². The number of hydrogen-bond donors (Lipinski definition) is 1. The first-order chi connectivity index (χ1) is 18.0. The second kappa shape index (κ2) is 9.30. The van der Waals surface area contributed by atoms with Gasteiger partial charge in [0.2, 0.25) is 5.91 Å². The highest BCUT2D eigenvalue weighted by Gasteiger charge is 2.45. The molecule has 1 saturated heterocycles. The van der Waals surface area contributed by atoms with Crippen molar-refractivity contribution in [3.63, 3.8) is 0 Å². The summed E-state index contributed by atoms with van der Waals surface area (Å²) in [5.41, 5.74) is 3.66. The van der Waals surface area contributed by atoms with Crippen LogP contribution in [-0.4, -0.2) is 27.9 Å². The van der Waals surface area contributed by atoms with Gasteiger partial charge in [0.05, 0.1) is 17.8 Å². The molecule has 0 spiro atoms. The van der Waals surface area contributed by atoms with Gasteiger partial charge >= 0.3 is 6.03 Å². The van der Waals surface area contributed by atoms with Gasteiger partial charge in [-0.1, -0.05) is 48.0 Å². The topological polar surface area (TPSA) is 99.0 Å². The predicted octanol–water partition coefficient (Wildman–Crippen LogP) is 5.83. The molecule has 3 amide bonds. The number of anilines is 1. The fraction of sp³-hybridized carbons (Fsp3) is 0.207. The molecule has 1 aliphatic carbocycles. The molecule has 2 aromatic carbocycles. The van der Waals surface area contributed by atoms with E-state index >= 15 is 0 Å². The molecule has 3 unspecified atom stereocenters. The standard InChI is InChI=1S/C29H22ClN5O2/c30-24-7-3-6-22(19-8-10-20(13-31)33-15-19)27(24)17-9-11-23-25(12-17)34-29(37)35(28(23)36)26-16-32-14-18-4-1-2-5-21(18)26/h1-8,10,14-17,23,25H,9,11-12H2,(H,34,37). The molecule has 1 aliphatic heterocycles. The molecular weight excluding hydrogens is 486 g/mol. The summed E-state index contributed by atoms with van der Waals surface area (Å²) in [5, 5.41) is 14.5. The largest absolute Gasteiger partial charge is 0.334 e. The van der Waals surface area contributed by atoms with Gasteiger partial charge in [0.1, 0.15) is 11.8 Å². The summed E-state index contributed by atoms with van der Waals surface area (Å²) < 4.78 is 0. The smallest absolute Gasteiger partial charge is 0.329 e. The van der Waals surface area contributed by atoms with Gasteiger partial charge in [0.15, 0.2) is 0 Å². The first-order valence-corrected chi connectivity index (χ1v) is 12.5. The lowest BCUT2D eigenvalue weighted by atomic mass is 9.73. The van der Waals surface area contributed by atoms with Gasteiger partial charge in [-0.05, 0) is 54.5 Å². The zero-order valence-electron chi connectivity index (χ0n) is 19.8. The number of carbonyl (C=O) groups excluding carboxylic acids is 2. The first kappa shape index (κ1) is 23.1. The van der Waals surface area contributed by atoms with E-state index in [0.717, 1.165) is 33.9 Å². The van der Waals surface area contributed by atoms with Crippen LogP contribution in [-0.2, 0) is 4.79 Å². The molecule has 8 heteroatoms. The number of amides is 3. The molecule has 37 heavy (non-hydrogen) atoms. The first-order valence-electron chi connectivity index (χ1n) is 12.2. The van der Waals surface area contributed by atoms with Gasteiger partial charge in [0, 0.05) is 39.8 Å². The second-order valence-electron chi connectivity index (χ2n) is 9.47. The van der Waals surface area contributed by atoms with Crippen LogP contribution in [0.25, 0.3) is 21.9 Å². The minimum Gasteiger partial charge on any atom is -0.334 e. The van der Waals surface area contributed by atoms with Crippen LogP contribution in [0.1, 0.15) is 36.4 Å². The normalized spacial score (nSPS) is 21.3. The molecule has 3 heterocycles. The minimum absolute atomic E-state index is 0.0551. The SMILES string of the molecule is N#Cc1ccc(-c2cccc(Cl)c2C2CCC3C(=O)N(c4cncc5ccccc45)C(=O)NC3C2)cn1. The summed E-state index contributed by atoms with van der Waals surface area (Å²) >= 11 is 6.72. The lowest BCUT2D eigenvalue weighted by Crippen LogP contribution is -2.61. The monoisotopic (exact) mass is 507 g/mol. The van der Waals surface area contributed by atoms with Gasteiger partial charge in [0.25, 0.3) is 0 Å². The quantitative estimate of drug-likeness (QED) is 0.376. The molecule has 1 N–H and O–H groups in total. The van der Waals surface area contributed by atoms with E-state index in [9.17, 15) is 9.59 Å². The number of nitriles is 1. The number of benzene rings is 2.